The minimum Gasteiger partial charge on any atom is -0.462 e. The molecule has 0 radical (unpaired) electrons. The van der Waals surface area contributed by atoms with Gasteiger partial charge >= 0.3 is 5.97 Å². The van der Waals surface area contributed by atoms with Crippen LogP contribution in [-0.2, 0) is 14.3 Å². The lowest BCUT2D eigenvalue weighted by atomic mass is 9.93. The summed E-state index contributed by atoms with van der Waals surface area (Å²) in [6.07, 6.45) is 10.1. The van der Waals surface area contributed by atoms with E-state index in [2.05, 4.69) is 25.7 Å². The van der Waals surface area contributed by atoms with Gasteiger partial charge in [0.05, 0.1) is 12.5 Å². The zero-order valence-corrected chi connectivity index (χ0v) is 14.6. The molecule has 1 amide bonds. The third-order valence-corrected chi connectivity index (χ3v) is 4.44. The van der Waals surface area contributed by atoms with Gasteiger partial charge in [0.2, 0.25) is 5.91 Å². The summed E-state index contributed by atoms with van der Waals surface area (Å²) in [4.78, 5) is 24.6. The van der Waals surface area contributed by atoms with Crippen LogP contribution in [0.15, 0.2) is 24.3 Å². The van der Waals surface area contributed by atoms with E-state index in [0.29, 0.717) is 31.1 Å². The lowest BCUT2D eigenvalue weighted by Crippen LogP contribution is -2.32. The second-order valence-electron chi connectivity index (χ2n) is 6.21. The molecule has 0 aromatic carbocycles. The molecule has 130 valence electrons. The van der Waals surface area contributed by atoms with Gasteiger partial charge in [0, 0.05) is 12.1 Å². The first-order valence-corrected chi connectivity index (χ1v) is 8.91. The number of amides is 1. The highest BCUT2D eigenvalue weighted by Crippen LogP contribution is 2.23. The van der Waals surface area contributed by atoms with Gasteiger partial charge in [0.25, 0.3) is 0 Å². The Bertz CT molecular complexity index is 428. The molecule has 1 fully saturated rings. The van der Waals surface area contributed by atoms with Gasteiger partial charge in [-0.3, -0.25) is 4.79 Å². The van der Waals surface area contributed by atoms with E-state index in [-0.39, 0.29) is 11.9 Å². The second-order valence-corrected chi connectivity index (χ2v) is 6.21. The van der Waals surface area contributed by atoms with Crippen LogP contribution in [0.1, 0.15) is 58.8 Å². The van der Waals surface area contributed by atoms with Crippen molar-refractivity contribution >= 4 is 11.9 Å². The fraction of sp³-hybridized carbons (Fsp3) is 0.684. The topological polar surface area (TPSA) is 55.4 Å². The molecule has 0 saturated carbocycles. The number of hydrogen-bond acceptors (Lipinski definition) is 3. The molecule has 2 atom stereocenters. The number of carbonyl (C=O) groups is 2. The van der Waals surface area contributed by atoms with E-state index in [1.807, 2.05) is 0 Å². The van der Waals surface area contributed by atoms with Gasteiger partial charge in [0.15, 0.2) is 0 Å². The number of ether oxygens (including phenoxy) is 1. The molecule has 1 aliphatic heterocycles. The molecule has 0 aromatic rings. The Morgan fingerprint density at radius 1 is 1.43 bits per heavy atom. The van der Waals surface area contributed by atoms with Gasteiger partial charge in [-0.25, -0.2) is 4.79 Å². The lowest BCUT2D eigenvalue weighted by molar-refractivity contribution is -0.142. The van der Waals surface area contributed by atoms with Crippen LogP contribution in [-0.4, -0.2) is 25.0 Å². The predicted octanol–water partition coefficient (Wildman–Crippen LogP) is 3.77. The van der Waals surface area contributed by atoms with Gasteiger partial charge in [-0.1, -0.05) is 58.3 Å². The zero-order valence-electron chi connectivity index (χ0n) is 14.6. The second kappa shape index (κ2) is 11.0. The van der Waals surface area contributed by atoms with Gasteiger partial charge < -0.3 is 10.1 Å². The summed E-state index contributed by atoms with van der Waals surface area (Å²) >= 11 is 0. The van der Waals surface area contributed by atoms with Crippen LogP contribution in [0.4, 0.5) is 0 Å². The first kappa shape index (κ1) is 19.5. The molecule has 0 bridgehead atoms. The molecule has 23 heavy (non-hydrogen) atoms. The third-order valence-electron chi connectivity index (χ3n) is 4.44. The van der Waals surface area contributed by atoms with Crippen LogP contribution in [0.3, 0.4) is 0 Å². The smallest absolute Gasteiger partial charge is 0.334 e. The molecular formula is C19H31NO3. The number of rotatable bonds is 9. The van der Waals surface area contributed by atoms with Crippen LogP contribution >= 0.6 is 0 Å². The maximum absolute atomic E-state index is 12.5. The number of nitrogens with one attached hydrogen (secondary N) is 1. The van der Waals surface area contributed by atoms with E-state index >= 15 is 0 Å². The molecule has 1 saturated heterocycles. The van der Waals surface area contributed by atoms with Gasteiger partial charge in [-0.15, -0.1) is 0 Å². The molecule has 1 heterocycles. The molecule has 0 aliphatic carbocycles. The number of unbranched alkanes of at least 4 members (excludes halogenated alkanes) is 1. The van der Waals surface area contributed by atoms with Crippen molar-refractivity contribution in [3.05, 3.63) is 24.3 Å². The van der Waals surface area contributed by atoms with E-state index in [1.165, 1.54) is 0 Å². The minimum atomic E-state index is -0.418. The maximum atomic E-state index is 12.5. The van der Waals surface area contributed by atoms with Gasteiger partial charge in [0.1, 0.15) is 0 Å². The zero-order chi connectivity index (χ0) is 17.1. The molecule has 1 N–H and O–H groups in total. The van der Waals surface area contributed by atoms with E-state index in [9.17, 15) is 9.59 Å². The quantitative estimate of drug-likeness (QED) is 0.399. The molecule has 0 spiro atoms. The Hall–Kier alpha value is -1.58. The Labute approximate surface area is 140 Å². The molecule has 1 aliphatic rings. The summed E-state index contributed by atoms with van der Waals surface area (Å²) < 4.78 is 5.51. The van der Waals surface area contributed by atoms with Crippen LogP contribution in [0.5, 0.6) is 0 Å². The summed E-state index contributed by atoms with van der Waals surface area (Å²) in [5, 5.41) is 2.87. The van der Waals surface area contributed by atoms with E-state index in [4.69, 9.17) is 4.74 Å². The summed E-state index contributed by atoms with van der Waals surface area (Å²) in [5.41, 5.74) is 0.435. The van der Waals surface area contributed by atoms with Crippen molar-refractivity contribution in [2.75, 3.05) is 13.2 Å². The van der Waals surface area contributed by atoms with Crippen molar-refractivity contribution in [1.82, 2.24) is 5.32 Å². The number of esters is 1. The van der Waals surface area contributed by atoms with E-state index < -0.39 is 5.92 Å². The largest absolute Gasteiger partial charge is 0.462 e. The standard InChI is InChI=1S/C19H31NO3/c1-4-7-11-15(6-3)14-23-19(22)17(10-5-2)16-12-8-9-13-20-18(16)21/h5,10,15-16H,2,4,6-9,11-14H2,1,3H3,(H,20,21)/b17-10-. The third kappa shape index (κ3) is 6.59. The normalized spacial score (nSPS) is 20.3. The lowest BCUT2D eigenvalue weighted by Gasteiger charge is -2.19. The predicted molar refractivity (Wildman–Crippen MR) is 92.9 cm³/mol. The highest BCUT2D eigenvalue weighted by Gasteiger charge is 2.29. The molecular weight excluding hydrogens is 290 g/mol. The fourth-order valence-corrected chi connectivity index (χ4v) is 2.86. The monoisotopic (exact) mass is 321 g/mol. The van der Waals surface area contributed by atoms with Crippen LogP contribution in [0.2, 0.25) is 0 Å². The van der Waals surface area contributed by atoms with Gasteiger partial charge in [-0.05, 0) is 25.2 Å². The molecule has 0 aromatic heterocycles. The summed E-state index contributed by atoms with van der Waals surface area (Å²) in [7, 11) is 0. The molecule has 1 rings (SSSR count). The van der Waals surface area contributed by atoms with E-state index in [1.54, 1.807) is 12.2 Å². The van der Waals surface area contributed by atoms with Crippen molar-refractivity contribution in [2.45, 2.75) is 58.8 Å². The van der Waals surface area contributed by atoms with Crippen LogP contribution in [0.25, 0.3) is 0 Å². The summed E-state index contributed by atoms with van der Waals surface area (Å²) in [6, 6.07) is 0. The first-order chi connectivity index (χ1) is 11.1. The Morgan fingerprint density at radius 3 is 2.87 bits per heavy atom. The summed E-state index contributed by atoms with van der Waals surface area (Å²) in [5.74, 6) is -0.474. The number of carbonyl (C=O) groups excluding carboxylic acids is 2. The van der Waals surface area contributed by atoms with Crippen molar-refractivity contribution in [3.8, 4) is 0 Å². The Kier molecular flexibility index (Phi) is 9.34. The first-order valence-electron chi connectivity index (χ1n) is 8.91. The highest BCUT2D eigenvalue weighted by atomic mass is 16.5. The molecule has 2 unspecified atom stereocenters. The Morgan fingerprint density at radius 2 is 2.22 bits per heavy atom. The van der Waals surface area contributed by atoms with Crippen LogP contribution in [0, 0.1) is 11.8 Å². The minimum absolute atomic E-state index is 0.0782. The average Bonchev–Trinajstić information content (AvgIpc) is 2.77. The highest BCUT2D eigenvalue weighted by molar-refractivity contribution is 5.97. The molecule has 4 nitrogen and oxygen atoms in total. The van der Waals surface area contributed by atoms with Crippen molar-refractivity contribution in [2.24, 2.45) is 11.8 Å². The van der Waals surface area contributed by atoms with E-state index in [0.717, 1.165) is 38.5 Å². The van der Waals surface area contributed by atoms with Crippen molar-refractivity contribution in [3.63, 3.8) is 0 Å². The van der Waals surface area contributed by atoms with Crippen molar-refractivity contribution < 1.29 is 14.3 Å². The summed E-state index contributed by atoms with van der Waals surface area (Å²) in [6.45, 7) is 9.05. The SMILES string of the molecule is C=C/C=C(\C(=O)OCC(CC)CCCC)C1CCCCNC1=O. The van der Waals surface area contributed by atoms with Gasteiger partial charge in [-0.2, -0.15) is 0 Å². The maximum Gasteiger partial charge on any atom is 0.334 e. The number of hydrogen-bond donors (Lipinski definition) is 1. The number of allylic oxidation sites excluding steroid dienone is 2. The Balaban J connectivity index is 2.69. The average molecular weight is 321 g/mol. The molecule has 4 heteroatoms. The van der Waals surface area contributed by atoms with Crippen LogP contribution < -0.4 is 5.32 Å². The fourth-order valence-electron chi connectivity index (χ4n) is 2.86. The van der Waals surface area contributed by atoms with Crippen molar-refractivity contribution in [1.29, 1.82) is 0 Å².